The number of nitrogens with two attached hydrogens (primary N) is 1. The molecule has 1 atom stereocenters. The van der Waals surface area contributed by atoms with Crippen molar-refractivity contribution in [2.45, 2.75) is 59.1 Å². The topological polar surface area (TPSA) is 55.6 Å². The summed E-state index contributed by atoms with van der Waals surface area (Å²) >= 11 is 0. The van der Waals surface area contributed by atoms with E-state index in [1.807, 2.05) is 20.8 Å². The van der Waals surface area contributed by atoms with Crippen LogP contribution in [0, 0.1) is 5.41 Å². The van der Waals surface area contributed by atoms with Crippen LogP contribution in [0.5, 0.6) is 0 Å². The highest BCUT2D eigenvalue weighted by molar-refractivity contribution is 5.69. The third kappa shape index (κ3) is 3.60. The lowest BCUT2D eigenvalue weighted by Gasteiger charge is -2.46. The molecule has 0 aromatic heterocycles. The molecule has 1 aliphatic heterocycles. The molecule has 0 spiro atoms. The van der Waals surface area contributed by atoms with Crippen LogP contribution in [0.2, 0.25) is 0 Å². The fourth-order valence-corrected chi connectivity index (χ4v) is 2.43. The minimum atomic E-state index is -0.447. The molecule has 0 aromatic rings. The largest absolute Gasteiger partial charge is 0.444 e. The molecule has 1 saturated heterocycles. The standard InChI is InChI=1S/C13H26N2O2/c1-12(2,3)17-11(16)15-8-6-7-13(4,5)10(15)9-14/h10H,6-9,14H2,1-5H3/t10-/m0/s1. The fourth-order valence-electron chi connectivity index (χ4n) is 2.43. The molecule has 0 saturated carbocycles. The van der Waals surface area contributed by atoms with Crippen molar-refractivity contribution in [3.8, 4) is 0 Å². The Kier molecular flexibility index (Phi) is 4.07. The maximum Gasteiger partial charge on any atom is 0.410 e. The summed E-state index contributed by atoms with van der Waals surface area (Å²) in [5.41, 5.74) is 5.45. The Morgan fingerprint density at radius 2 is 2.06 bits per heavy atom. The van der Waals surface area contributed by atoms with Crippen molar-refractivity contribution < 1.29 is 9.53 Å². The zero-order valence-corrected chi connectivity index (χ0v) is 11.7. The summed E-state index contributed by atoms with van der Waals surface area (Å²) in [6.07, 6.45) is 1.89. The molecule has 17 heavy (non-hydrogen) atoms. The van der Waals surface area contributed by atoms with Gasteiger partial charge in [0.25, 0.3) is 0 Å². The van der Waals surface area contributed by atoms with Crippen LogP contribution in [0.1, 0.15) is 47.5 Å². The summed E-state index contributed by atoms with van der Waals surface area (Å²) in [5.74, 6) is 0. The van der Waals surface area contributed by atoms with Crippen LogP contribution in [0.3, 0.4) is 0 Å². The molecule has 0 radical (unpaired) electrons. The number of nitrogens with zero attached hydrogens (tertiary/aromatic N) is 1. The summed E-state index contributed by atoms with van der Waals surface area (Å²) < 4.78 is 5.43. The Bertz CT molecular complexity index is 282. The van der Waals surface area contributed by atoms with E-state index in [0.29, 0.717) is 6.54 Å². The van der Waals surface area contributed by atoms with Crippen LogP contribution in [-0.4, -0.2) is 35.7 Å². The number of carbonyl (C=O) groups excluding carboxylic acids is 1. The molecule has 0 aromatic carbocycles. The quantitative estimate of drug-likeness (QED) is 0.768. The van der Waals surface area contributed by atoms with E-state index < -0.39 is 5.60 Å². The molecule has 1 amide bonds. The monoisotopic (exact) mass is 242 g/mol. The molecule has 0 unspecified atom stereocenters. The lowest BCUT2D eigenvalue weighted by molar-refractivity contribution is -0.0133. The van der Waals surface area contributed by atoms with Crippen molar-refractivity contribution in [1.82, 2.24) is 4.90 Å². The second kappa shape index (κ2) is 4.84. The van der Waals surface area contributed by atoms with Gasteiger partial charge in [0, 0.05) is 13.1 Å². The van der Waals surface area contributed by atoms with Crippen molar-refractivity contribution in [3.63, 3.8) is 0 Å². The molecule has 4 heteroatoms. The van der Waals surface area contributed by atoms with Crippen molar-refractivity contribution in [2.24, 2.45) is 11.1 Å². The number of amides is 1. The van der Waals surface area contributed by atoms with Crippen LogP contribution in [0.4, 0.5) is 4.79 Å². The predicted molar refractivity (Wildman–Crippen MR) is 68.8 cm³/mol. The number of ether oxygens (including phenoxy) is 1. The molecule has 1 heterocycles. The van der Waals surface area contributed by atoms with Crippen LogP contribution in [0.25, 0.3) is 0 Å². The lowest BCUT2D eigenvalue weighted by Crippen LogP contribution is -2.56. The molecule has 1 aliphatic rings. The highest BCUT2D eigenvalue weighted by Gasteiger charge is 2.40. The van der Waals surface area contributed by atoms with E-state index >= 15 is 0 Å². The van der Waals surface area contributed by atoms with E-state index in [0.717, 1.165) is 19.4 Å². The molecule has 0 aliphatic carbocycles. The van der Waals surface area contributed by atoms with E-state index in [1.165, 1.54) is 0 Å². The Morgan fingerprint density at radius 3 is 2.53 bits per heavy atom. The van der Waals surface area contributed by atoms with Gasteiger partial charge in [0.1, 0.15) is 5.60 Å². The third-order valence-electron chi connectivity index (χ3n) is 3.35. The maximum atomic E-state index is 12.1. The van der Waals surface area contributed by atoms with Gasteiger partial charge in [0.2, 0.25) is 0 Å². The van der Waals surface area contributed by atoms with E-state index in [-0.39, 0.29) is 17.6 Å². The Morgan fingerprint density at radius 1 is 1.47 bits per heavy atom. The van der Waals surface area contributed by atoms with Crippen LogP contribution in [0.15, 0.2) is 0 Å². The van der Waals surface area contributed by atoms with Gasteiger partial charge in [-0.05, 0) is 39.0 Å². The maximum absolute atomic E-state index is 12.1. The fraction of sp³-hybridized carbons (Fsp3) is 0.923. The number of rotatable bonds is 1. The number of hydrogen-bond donors (Lipinski definition) is 1. The molecule has 100 valence electrons. The van der Waals surface area contributed by atoms with Gasteiger partial charge < -0.3 is 15.4 Å². The zero-order valence-electron chi connectivity index (χ0n) is 11.7. The van der Waals surface area contributed by atoms with Crippen molar-refractivity contribution in [2.75, 3.05) is 13.1 Å². The first kappa shape index (κ1) is 14.3. The average Bonchev–Trinajstić information content (AvgIpc) is 2.13. The molecule has 2 N–H and O–H groups in total. The first-order valence-electron chi connectivity index (χ1n) is 6.37. The summed E-state index contributed by atoms with van der Waals surface area (Å²) in [6, 6.07) is 0.0751. The van der Waals surface area contributed by atoms with Gasteiger partial charge >= 0.3 is 6.09 Å². The molecule has 0 bridgehead atoms. The highest BCUT2D eigenvalue weighted by Crippen LogP contribution is 2.35. The normalized spacial score (nSPS) is 24.6. The van der Waals surface area contributed by atoms with E-state index in [1.54, 1.807) is 4.90 Å². The summed E-state index contributed by atoms with van der Waals surface area (Å²) in [6.45, 7) is 11.2. The van der Waals surface area contributed by atoms with Crippen molar-refractivity contribution in [3.05, 3.63) is 0 Å². The van der Waals surface area contributed by atoms with Gasteiger partial charge in [-0.1, -0.05) is 13.8 Å². The first-order valence-corrected chi connectivity index (χ1v) is 6.37. The number of hydrogen-bond acceptors (Lipinski definition) is 3. The summed E-state index contributed by atoms with van der Waals surface area (Å²) in [5, 5.41) is 0. The number of carbonyl (C=O) groups is 1. The van der Waals surface area contributed by atoms with Crippen LogP contribution in [-0.2, 0) is 4.74 Å². The minimum absolute atomic E-state index is 0.0733. The summed E-state index contributed by atoms with van der Waals surface area (Å²) in [4.78, 5) is 13.9. The molecular formula is C13H26N2O2. The minimum Gasteiger partial charge on any atom is -0.444 e. The highest BCUT2D eigenvalue weighted by atomic mass is 16.6. The second-order valence-electron chi connectivity index (χ2n) is 6.52. The van der Waals surface area contributed by atoms with Crippen LogP contribution < -0.4 is 5.73 Å². The Balaban J connectivity index is 2.78. The van der Waals surface area contributed by atoms with Crippen molar-refractivity contribution in [1.29, 1.82) is 0 Å². The van der Waals surface area contributed by atoms with Gasteiger partial charge in [-0.25, -0.2) is 4.79 Å². The van der Waals surface area contributed by atoms with Crippen LogP contribution >= 0.6 is 0 Å². The Hall–Kier alpha value is -0.770. The van der Waals surface area contributed by atoms with Gasteiger partial charge in [0.05, 0.1) is 6.04 Å². The SMILES string of the molecule is CC(C)(C)OC(=O)N1CCCC(C)(C)[C@@H]1CN. The van der Waals surface area contributed by atoms with Gasteiger partial charge in [-0.3, -0.25) is 0 Å². The third-order valence-corrected chi connectivity index (χ3v) is 3.35. The van der Waals surface area contributed by atoms with Gasteiger partial charge in [0.15, 0.2) is 0 Å². The number of likely N-dealkylation sites (tertiary alicyclic amines) is 1. The number of piperidine rings is 1. The molecule has 4 nitrogen and oxygen atoms in total. The van der Waals surface area contributed by atoms with Crippen molar-refractivity contribution >= 4 is 6.09 Å². The van der Waals surface area contributed by atoms with E-state index in [2.05, 4.69) is 13.8 Å². The molecule has 1 rings (SSSR count). The Labute approximate surface area is 104 Å². The first-order chi connectivity index (χ1) is 7.67. The summed E-state index contributed by atoms with van der Waals surface area (Å²) in [7, 11) is 0. The second-order valence-corrected chi connectivity index (χ2v) is 6.52. The zero-order chi connectivity index (χ0) is 13.3. The van der Waals surface area contributed by atoms with E-state index in [9.17, 15) is 4.79 Å². The molecule has 1 fully saturated rings. The van der Waals surface area contributed by atoms with Gasteiger partial charge in [-0.15, -0.1) is 0 Å². The lowest BCUT2D eigenvalue weighted by atomic mass is 9.76. The molecular weight excluding hydrogens is 216 g/mol. The van der Waals surface area contributed by atoms with Gasteiger partial charge in [-0.2, -0.15) is 0 Å². The predicted octanol–water partition coefficient (Wildman–Crippen LogP) is 2.37. The van der Waals surface area contributed by atoms with E-state index in [4.69, 9.17) is 10.5 Å². The smallest absolute Gasteiger partial charge is 0.410 e. The average molecular weight is 242 g/mol.